The monoisotopic (exact) mass is 345 g/mol. The molecule has 2 aromatic rings. The van der Waals surface area contributed by atoms with E-state index in [0.717, 1.165) is 29.7 Å². The number of aliphatic hydroxyl groups excluding tert-OH is 1. The standard InChI is InChI=1S/C18H19NO4S/c20-16(12-4-2-1-3-5-12)13-8-10-19(11-9-13)17(21)14-6-7-15(24-14)18(22)23/h1-7,13,16,20H,8-11H2,(H,22,23). The number of aliphatic hydroxyl groups is 1. The molecule has 1 amide bonds. The first-order chi connectivity index (χ1) is 11.6. The SMILES string of the molecule is O=C(O)c1ccc(C(=O)N2CCC(C(O)c3ccccc3)CC2)s1. The van der Waals surface area contributed by atoms with Crippen LogP contribution in [0.3, 0.4) is 0 Å². The van der Waals surface area contributed by atoms with Crippen molar-refractivity contribution in [3.63, 3.8) is 0 Å². The maximum Gasteiger partial charge on any atom is 0.345 e. The molecule has 6 heteroatoms. The maximum atomic E-state index is 12.5. The van der Waals surface area contributed by atoms with Gasteiger partial charge < -0.3 is 15.1 Å². The summed E-state index contributed by atoms with van der Waals surface area (Å²) in [6.45, 7) is 1.15. The summed E-state index contributed by atoms with van der Waals surface area (Å²) in [5, 5.41) is 19.4. The number of aromatic carboxylic acids is 1. The normalized spacial score (nSPS) is 16.8. The van der Waals surface area contributed by atoms with Gasteiger partial charge in [0.2, 0.25) is 0 Å². The molecule has 0 bridgehead atoms. The lowest BCUT2D eigenvalue weighted by atomic mass is 9.87. The van der Waals surface area contributed by atoms with E-state index in [1.165, 1.54) is 6.07 Å². The number of likely N-dealkylation sites (tertiary alicyclic amines) is 1. The van der Waals surface area contributed by atoms with Gasteiger partial charge in [0.25, 0.3) is 5.91 Å². The summed E-state index contributed by atoms with van der Waals surface area (Å²) in [4.78, 5) is 25.8. The van der Waals surface area contributed by atoms with E-state index in [1.54, 1.807) is 11.0 Å². The van der Waals surface area contributed by atoms with E-state index >= 15 is 0 Å². The van der Waals surface area contributed by atoms with E-state index in [2.05, 4.69) is 0 Å². The van der Waals surface area contributed by atoms with Crippen molar-refractivity contribution in [2.75, 3.05) is 13.1 Å². The van der Waals surface area contributed by atoms with Crippen LogP contribution in [0.4, 0.5) is 0 Å². The summed E-state index contributed by atoms with van der Waals surface area (Å²) < 4.78 is 0. The highest BCUT2D eigenvalue weighted by Gasteiger charge is 2.29. The Morgan fingerprint density at radius 3 is 2.25 bits per heavy atom. The van der Waals surface area contributed by atoms with Crippen LogP contribution in [0.25, 0.3) is 0 Å². The number of piperidine rings is 1. The van der Waals surface area contributed by atoms with E-state index in [0.29, 0.717) is 18.0 Å². The van der Waals surface area contributed by atoms with Gasteiger partial charge in [0.05, 0.1) is 11.0 Å². The van der Waals surface area contributed by atoms with Crippen molar-refractivity contribution in [2.45, 2.75) is 18.9 Å². The van der Waals surface area contributed by atoms with Gasteiger partial charge in [0, 0.05) is 13.1 Å². The summed E-state index contributed by atoms with van der Waals surface area (Å²) in [5.74, 6) is -1.00. The van der Waals surface area contributed by atoms with Gasteiger partial charge in [0.1, 0.15) is 4.88 Å². The number of rotatable bonds is 4. The second-order valence-corrected chi connectivity index (χ2v) is 7.04. The Kier molecular flexibility index (Phi) is 4.97. The predicted molar refractivity (Wildman–Crippen MR) is 91.3 cm³/mol. The highest BCUT2D eigenvalue weighted by atomic mass is 32.1. The molecule has 3 rings (SSSR count). The summed E-state index contributed by atoms with van der Waals surface area (Å²) in [5.41, 5.74) is 0.909. The average Bonchev–Trinajstić information content (AvgIpc) is 3.12. The lowest BCUT2D eigenvalue weighted by Gasteiger charge is -2.34. The molecular weight excluding hydrogens is 326 g/mol. The van der Waals surface area contributed by atoms with Crippen LogP contribution in [-0.4, -0.2) is 40.1 Å². The van der Waals surface area contributed by atoms with Crippen LogP contribution in [-0.2, 0) is 0 Å². The Bertz CT molecular complexity index is 720. The van der Waals surface area contributed by atoms with Gasteiger partial charge in [0.15, 0.2) is 0 Å². The van der Waals surface area contributed by atoms with E-state index < -0.39 is 12.1 Å². The van der Waals surface area contributed by atoms with Gasteiger partial charge >= 0.3 is 5.97 Å². The summed E-state index contributed by atoms with van der Waals surface area (Å²) in [6, 6.07) is 12.6. The minimum atomic E-state index is -1.01. The Morgan fingerprint density at radius 1 is 1.04 bits per heavy atom. The molecule has 1 aliphatic rings. The van der Waals surface area contributed by atoms with Crippen LogP contribution in [0.15, 0.2) is 42.5 Å². The van der Waals surface area contributed by atoms with Gasteiger partial charge in [-0.25, -0.2) is 4.79 Å². The number of thiophene rings is 1. The molecule has 1 aromatic heterocycles. The second kappa shape index (κ2) is 7.15. The van der Waals surface area contributed by atoms with Crippen molar-refractivity contribution < 1.29 is 19.8 Å². The van der Waals surface area contributed by atoms with Gasteiger partial charge in [-0.2, -0.15) is 0 Å². The van der Waals surface area contributed by atoms with Crippen molar-refractivity contribution in [3.8, 4) is 0 Å². The molecule has 126 valence electrons. The molecule has 0 spiro atoms. The molecule has 1 atom stereocenters. The number of amides is 1. The smallest absolute Gasteiger partial charge is 0.345 e. The average molecular weight is 345 g/mol. The van der Waals surface area contributed by atoms with Crippen molar-refractivity contribution in [1.29, 1.82) is 0 Å². The first-order valence-corrected chi connectivity index (χ1v) is 8.73. The molecule has 5 nitrogen and oxygen atoms in total. The van der Waals surface area contributed by atoms with Crippen molar-refractivity contribution in [3.05, 3.63) is 57.8 Å². The minimum Gasteiger partial charge on any atom is -0.477 e. The Morgan fingerprint density at radius 2 is 1.67 bits per heavy atom. The van der Waals surface area contributed by atoms with Crippen molar-refractivity contribution in [2.24, 2.45) is 5.92 Å². The molecule has 0 aliphatic carbocycles. The number of hydrogen-bond donors (Lipinski definition) is 2. The highest BCUT2D eigenvalue weighted by molar-refractivity contribution is 7.15. The van der Waals surface area contributed by atoms with E-state index in [4.69, 9.17) is 5.11 Å². The molecule has 2 N–H and O–H groups in total. The zero-order valence-corrected chi connectivity index (χ0v) is 13.9. The van der Waals surface area contributed by atoms with Crippen LogP contribution in [0.5, 0.6) is 0 Å². The fourth-order valence-electron chi connectivity index (χ4n) is 3.06. The van der Waals surface area contributed by atoms with Crippen molar-refractivity contribution in [1.82, 2.24) is 4.90 Å². The summed E-state index contributed by atoms with van der Waals surface area (Å²) in [7, 11) is 0. The zero-order chi connectivity index (χ0) is 17.1. The number of hydrogen-bond acceptors (Lipinski definition) is 4. The van der Waals surface area contributed by atoms with Crippen LogP contribution in [0.1, 0.15) is 43.9 Å². The third-order valence-electron chi connectivity index (χ3n) is 4.44. The van der Waals surface area contributed by atoms with Crippen LogP contribution in [0, 0.1) is 5.92 Å². The zero-order valence-electron chi connectivity index (χ0n) is 13.1. The molecule has 1 aromatic carbocycles. The fourth-order valence-corrected chi connectivity index (χ4v) is 3.88. The number of carbonyl (C=O) groups excluding carboxylic acids is 1. The topological polar surface area (TPSA) is 77.8 Å². The molecule has 0 radical (unpaired) electrons. The van der Waals surface area contributed by atoms with Crippen LogP contribution in [0.2, 0.25) is 0 Å². The Labute approximate surface area is 144 Å². The number of carboxylic acids is 1. The molecular formula is C18H19NO4S. The number of carboxylic acid groups (broad SMARTS) is 1. The third-order valence-corrected chi connectivity index (χ3v) is 5.50. The lowest BCUT2D eigenvalue weighted by molar-refractivity contribution is 0.0465. The maximum absolute atomic E-state index is 12.5. The third kappa shape index (κ3) is 3.49. The molecule has 1 fully saturated rings. The van der Waals surface area contributed by atoms with Gasteiger partial charge in [-0.3, -0.25) is 4.79 Å². The molecule has 1 aliphatic heterocycles. The highest BCUT2D eigenvalue weighted by Crippen LogP contribution is 2.31. The number of nitrogens with zero attached hydrogens (tertiary/aromatic N) is 1. The quantitative estimate of drug-likeness (QED) is 0.893. The van der Waals surface area contributed by atoms with Crippen LogP contribution < -0.4 is 0 Å². The number of benzene rings is 1. The van der Waals surface area contributed by atoms with Crippen molar-refractivity contribution >= 4 is 23.2 Å². The van der Waals surface area contributed by atoms with E-state index in [9.17, 15) is 14.7 Å². The minimum absolute atomic E-state index is 0.125. The van der Waals surface area contributed by atoms with Gasteiger partial charge in [-0.15, -0.1) is 11.3 Å². The summed E-state index contributed by atoms with van der Waals surface area (Å²) >= 11 is 1.01. The lowest BCUT2D eigenvalue weighted by Crippen LogP contribution is -2.39. The largest absolute Gasteiger partial charge is 0.477 e. The first kappa shape index (κ1) is 16.7. The fraction of sp³-hybridized carbons (Fsp3) is 0.333. The summed E-state index contributed by atoms with van der Waals surface area (Å²) in [6.07, 6.45) is 0.960. The molecule has 1 saturated heterocycles. The second-order valence-electron chi connectivity index (χ2n) is 5.95. The Balaban J connectivity index is 1.60. The molecule has 0 saturated carbocycles. The number of carbonyl (C=O) groups is 2. The van der Waals surface area contributed by atoms with Gasteiger partial charge in [-0.1, -0.05) is 30.3 Å². The van der Waals surface area contributed by atoms with E-state index in [-0.39, 0.29) is 16.7 Å². The van der Waals surface area contributed by atoms with Gasteiger partial charge in [-0.05, 0) is 36.5 Å². The van der Waals surface area contributed by atoms with E-state index in [1.807, 2.05) is 30.3 Å². The molecule has 24 heavy (non-hydrogen) atoms. The Hall–Kier alpha value is -2.18. The first-order valence-electron chi connectivity index (χ1n) is 7.91. The van der Waals surface area contributed by atoms with Crippen LogP contribution >= 0.6 is 11.3 Å². The molecule has 2 heterocycles. The molecule has 1 unspecified atom stereocenters. The predicted octanol–water partition coefficient (Wildman–Crippen LogP) is 3.03.